The standard InChI is InChI=1S/C14H17BrN2O3/c15-11-4-1-5-12(7-11)16-13(18)9-17-6-2-3-10(8-17)14(19)20/h1,4-5,7,10H,2-3,6,8-9H2,(H,16,18)(H,19,20). The highest BCUT2D eigenvalue weighted by molar-refractivity contribution is 9.10. The molecule has 1 fully saturated rings. The number of carboxylic acid groups (broad SMARTS) is 1. The average Bonchev–Trinajstić information content (AvgIpc) is 2.38. The summed E-state index contributed by atoms with van der Waals surface area (Å²) >= 11 is 3.35. The van der Waals surface area contributed by atoms with Gasteiger partial charge in [0.1, 0.15) is 0 Å². The van der Waals surface area contributed by atoms with Crippen LogP contribution in [0.25, 0.3) is 0 Å². The van der Waals surface area contributed by atoms with Crippen LogP contribution in [0.4, 0.5) is 5.69 Å². The highest BCUT2D eigenvalue weighted by Gasteiger charge is 2.26. The number of rotatable bonds is 4. The predicted octanol–water partition coefficient (Wildman–Crippen LogP) is 2.18. The van der Waals surface area contributed by atoms with Crippen molar-refractivity contribution < 1.29 is 14.7 Å². The number of carboxylic acids is 1. The number of amides is 1. The summed E-state index contributed by atoms with van der Waals surface area (Å²) in [6.07, 6.45) is 1.51. The lowest BCUT2D eigenvalue weighted by Crippen LogP contribution is -2.42. The van der Waals surface area contributed by atoms with Gasteiger partial charge in [-0.25, -0.2) is 0 Å². The molecule has 1 atom stereocenters. The Balaban J connectivity index is 1.86. The minimum Gasteiger partial charge on any atom is -0.481 e. The monoisotopic (exact) mass is 340 g/mol. The summed E-state index contributed by atoms with van der Waals surface area (Å²) in [5.74, 6) is -1.25. The van der Waals surface area contributed by atoms with E-state index < -0.39 is 5.97 Å². The molecule has 1 aromatic rings. The highest BCUT2D eigenvalue weighted by Crippen LogP contribution is 2.18. The van der Waals surface area contributed by atoms with Gasteiger partial charge in [0.15, 0.2) is 0 Å². The van der Waals surface area contributed by atoms with E-state index in [1.165, 1.54) is 0 Å². The molecular formula is C14H17BrN2O3. The fourth-order valence-corrected chi connectivity index (χ4v) is 2.77. The Morgan fingerprint density at radius 3 is 2.95 bits per heavy atom. The van der Waals surface area contributed by atoms with Crippen molar-refractivity contribution in [2.45, 2.75) is 12.8 Å². The van der Waals surface area contributed by atoms with Gasteiger partial charge in [-0.05, 0) is 37.6 Å². The number of hydrogen-bond donors (Lipinski definition) is 2. The number of piperidine rings is 1. The third-order valence-corrected chi connectivity index (χ3v) is 3.82. The van der Waals surface area contributed by atoms with Crippen molar-refractivity contribution in [2.24, 2.45) is 5.92 Å². The fourth-order valence-electron chi connectivity index (χ4n) is 2.37. The van der Waals surface area contributed by atoms with Crippen LogP contribution in [0.2, 0.25) is 0 Å². The zero-order chi connectivity index (χ0) is 14.5. The number of carbonyl (C=O) groups excluding carboxylic acids is 1. The van der Waals surface area contributed by atoms with Crippen LogP contribution in [-0.2, 0) is 9.59 Å². The SMILES string of the molecule is O=C(CN1CCCC(C(=O)O)C1)Nc1cccc(Br)c1. The Labute approximate surface area is 126 Å². The first kappa shape index (κ1) is 15.0. The molecule has 6 heteroatoms. The lowest BCUT2D eigenvalue weighted by atomic mass is 9.98. The number of anilines is 1. The third kappa shape index (κ3) is 4.31. The van der Waals surface area contributed by atoms with Crippen LogP contribution in [-0.4, -0.2) is 41.5 Å². The van der Waals surface area contributed by atoms with Crippen LogP contribution >= 0.6 is 15.9 Å². The Morgan fingerprint density at radius 2 is 2.25 bits per heavy atom. The molecule has 1 aliphatic rings. The summed E-state index contributed by atoms with van der Waals surface area (Å²) in [5.41, 5.74) is 0.733. The van der Waals surface area contributed by atoms with Crippen LogP contribution in [0.3, 0.4) is 0 Å². The van der Waals surface area contributed by atoms with E-state index >= 15 is 0 Å². The first-order valence-electron chi connectivity index (χ1n) is 6.55. The summed E-state index contributed by atoms with van der Waals surface area (Å²) in [7, 11) is 0. The van der Waals surface area contributed by atoms with Gasteiger partial charge in [0.05, 0.1) is 12.5 Å². The van der Waals surface area contributed by atoms with Gasteiger partial charge < -0.3 is 10.4 Å². The van der Waals surface area contributed by atoms with E-state index in [0.29, 0.717) is 13.0 Å². The number of nitrogens with zero attached hydrogens (tertiary/aromatic N) is 1. The van der Waals surface area contributed by atoms with Crippen LogP contribution < -0.4 is 5.32 Å². The molecule has 2 rings (SSSR count). The normalized spacial score (nSPS) is 19.6. The van der Waals surface area contributed by atoms with Gasteiger partial charge in [-0.2, -0.15) is 0 Å². The molecule has 20 heavy (non-hydrogen) atoms. The van der Waals surface area contributed by atoms with Gasteiger partial charge in [-0.3, -0.25) is 14.5 Å². The number of nitrogens with one attached hydrogen (secondary N) is 1. The minimum atomic E-state index is -0.776. The number of halogens is 1. The molecule has 0 aliphatic carbocycles. The van der Waals surface area contributed by atoms with E-state index in [2.05, 4.69) is 21.2 Å². The van der Waals surface area contributed by atoms with Gasteiger partial charge in [0.2, 0.25) is 5.91 Å². The van der Waals surface area contributed by atoms with Gasteiger partial charge >= 0.3 is 5.97 Å². The second-order valence-electron chi connectivity index (χ2n) is 4.97. The zero-order valence-corrected chi connectivity index (χ0v) is 12.6. The molecule has 1 unspecified atom stereocenters. The number of aliphatic carboxylic acids is 1. The van der Waals surface area contributed by atoms with Crippen LogP contribution in [0, 0.1) is 5.92 Å². The Kier molecular flexibility index (Phi) is 5.14. The van der Waals surface area contributed by atoms with Crippen molar-refractivity contribution >= 4 is 33.5 Å². The summed E-state index contributed by atoms with van der Waals surface area (Å²) in [5, 5.41) is 11.8. The zero-order valence-electron chi connectivity index (χ0n) is 11.0. The van der Waals surface area contributed by atoms with Crippen molar-refractivity contribution in [3.63, 3.8) is 0 Å². The maximum absolute atomic E-state index is 12.0. The van der Waals surface area contributed by atoms with Gasteiger partial charge in [-0.1, -0.05) is 22.0 Å². The van der Waals surface area contributed by atoms with Crippen LogP contribution in [0.1, 0.15) is 12.8 Å². The predicted molar refractivity (Wildman–Crippen MR) is 79.6 cm³/mol. The molecule has 5 nitrogen and oxygen atoms in total. The van der Waals surface area contributed by atoms with Gasteiger partial charge in [-0.15, -0.1) is 0 Å². The molecule has 0 spiro atoms. The number of hydrogen-bond acceptors (Lipinski definition) is 3. The summed E-state index contributed by atoms with van der Waals surface area (Å²) in [6.45, 7) is 1.45. The smallest absolute Gasteiger partial charge is 0.307 e. The Bertz CT molecular complexity index is 507. The largest absolute Gasteiger partial charge is 0.481 e. The molecule has 1 amide bonds. The molecule has 2 N–H and O–H groups in total. The van der Waals surface area contributed by atoms with Crippen LogP contribution in [0.5, 0.6) is 0 Å². The van der Waals surface area contributed by atoms with Crippen molar-refractivity contribution in [3.8, 4) is 0 Å². The highest BCUT2D eigenvalue weighted by atomic mass is 79.9. The molecule has 1 aliphatic heterocycles. The molecule has 0 radical (unpaired) electrons. The van der Waals surface area contributed by atoms with E-state index in [1.807, 2.05) is 29.2 Å². The lowest BCUT2D eigenvalue weighted by molar-refractivity contribution is -0.144. The maximum atomic E-state index is 12.0. The maximum Gasteiger partial charge on any atom is 0.307 e. The number of benzene rings is 1. The van der Waals surface area contributed by atoms with E-state index in [4.69, 9.17) is 5.11 Å². The quantitative estimate of drug-likeness (QED) is 0.881. The molecule has 1 saturated heterocycles. The van der Waals surface area contributed by atoms with Crippen molar-refractivity contribution in [1.82, 2.24) is 4.90 Å². The average molecular weight is 341 g/mol. The van der Waals surface area contributed by atoms with Crippen molar-refractivity contribution in [1.29, 1.82) is 0 Å². The molecule has 0 bridgehead atoms. The topological polar surface area (TPSA) is 69.6 Å². The summed E-state index contributed by atoms with van der Waals surface area (Å²) in [4.78, 5) is 24.8. The Morgan fingerprint density at radius 1 is 1.45 bits per heavy atom. The minimum absolute atomic E-state index is 0.117. The molecule has 0 aromatic heterocycles. The summed E-state index contributed by atoms with van der Waals surface area (Å²) in [6, 6.07) is 7.38. The molecule has 0 saturated carbocycles. The first-order valence-corrected chi connectivity index (χ1v) is 7.34. The molecule has 1 heterocycles. The Hall–Kier alpha value is -1.40. The van der Waals surface area contributed by atoms with Crippen LogP contribution in [0.15, 0.2) is 28.7 Å². The fraction of sp³-hybridized carbons (Fsp3) is 0.429. The third-order valence-electron chi connectivity index (χ3n) is 3.33. The molecular weight excluding hydrogens is 324 g/mol. The lowest BCUT2D eigenvalue weighted by Gasteiger charge is -2.29. The van der Waals surface area contributed by atoms with E-state index in [1.54, 1.807) is 0 Å². The van der Waals surface area contributed by atoms with Crippen molar-refractivity contribution in [3.05, 3.63) is 28.7 Å². The number of carbonyl (C=O) groups is 2. The van der Waals surface area contributed by atoms with Gasteiger partial charge in [0, 0.05) is 16.7 Å². The van der Waals surface area contributed by atoms with E-state index in [0.717, 1.165) is 23.1 Å². The summed E-state index contributed by atoms with van der Waals surface area (Å²) < 4.78 is 0.902. The van der Waals surface area contributed by atoms with Gasteiger partial charge in [0.25, 0.3) is 0 Å². The van der Waals surface area contributed by atoms with Crippen molar-refractivity contribution in [2.75, 3.05) is 25.0 Å². The molecule has 1 aromatic carbocycles. The second-order valence-corrected chi connectivity index (χ2v) is 5.89. The second kappa shape index (κ2) is 6.85. The van der Waals surface area contributed by atoms with E-state index in [9.17, 15) is 9.59 Å². The first-order chi connectivity index (χ1) is 9.54. The number of likely N-dealkylation sites (tertiary alicyclic amines) is 1. The van der Waals surface area contributed by atoms with E-state index in [-0.39, 0.29) is 18.4 Å². The molecule has 108 valence electrons.